The van der Waals surface area contributed by atoms with Gasteiger partial charge in [-0.25, -0.2) is 4.79 Å². The molecule has 27 heavy (non-hydrogen) atoms. The summed E-state index contributed by atoms with van der Waals surface area (Å²) >= 11 is 0. The van der Waals surface area contributed by atoms with Crippen LogP contribution < -0.4 is 10.6 Å². The van der Waals surface area contributed by atoms with Crippen LogP contribution in [0.5, 0.6) is 0 Å². The van der Waals surface area contributed by atoms with Gasteiger partial charge in [0.05, 0.1) is 11.6 Å². The first-order chi connectivity index (χ1) is 13.2. The number of nitrogens with zero attached hydrogens (tertiary/aromatic N) is 2. The van der Waals surface area contributed by atoms with Gasteiger partial charge in [0.2, 0.25) is 0 Å². The third-order valence-corrected chi connectivity index (χ3v) is 5.70. The summed E-state index contributed by atoms with van der Waals surface area (Å²) in [5.74, 6) is 0. The van der Waals surface area contributed by atoms with Crippen molar-refractivity contribution in [2.24, 2.45) is 0 Å². The quantitative estimate of drug-likeness (QED) is 0.869. The molecule has 5 nitrogen and oxygen atoms in total. The summed E-state index contributed by atoms with van der Waals surface area (Å²) in [5, 5.41) is 14.9. The van der Waals surface area contributed by atoms with Gasteiger partial charge in [-0.2, -0.15) is 5.26 Å². The van der Waals surface area contributed by atoms with E-state index in [1.165, 1.54) is 18.4 Å². The van der Waals surface area contributed by atoms with Crippen LogP contribution in [-0.2, 0) is 6.54 Å². The van der Waals surface area contributed by atoms with E-state index in [0.29, 0.717) is 23.3 Å². The molecule has 0 radical (unpaired) electrons. The Kier molecular flexibility index (Phi) is 5.08. The van der Waals surface area contributed by atoms with Crippen LogP contribution in [-0.4, -0.2) is 29.1 Å². The van der Waals surface area contributed by atoms with Crippen molar-refractivity contribution in [2.45, 2.75) is 50.4 Å². The lowest BCUT2D eigenvalue weighted by Crippen LogP contribution is -2.50. The number of hydrogen-bond donors (Lipinski definition) is 2. The van der Waals surface area contributed by atoms with Crippen molar-refractivity contribution in [1.82, 2.24) is 10.2 Å². The van der Waals surface area contributed by atoms with Gasteiger partial charge in [0.25, 0.3) is 0 Å². The minimum atomic E-state index is -0.166. The number of benzene rings is 2. The molecule has 2 bridgehead atoms. The van der Waals surface area contributed by atoms with Crippen LogP contribution in [0.15, 0.2) is 54.6 Å². The lowest BCUT2D eigenvalue weighted by molar-refractivity contribution is 0.112. The maximum absolute atomic E-state index is 12.3. The van der Waals surface area contributed by atoms with Crippen molar-refractivity contribution in [3.8, 4) is 6.07 Å². The highest BCUT2D eigenvalue weighted by Crippen LogP contribution is 2.36. The fourth-order valence-electron chi connectivity index (χ4n) is 4.43. The lowest BCUT2D eigenvalue weighted by atomic mass is 9.96. The van der Waals surface area contributed by atoms with Crippen molar-refractivity contribution >= 4 is 11.7 Å². The van der Waals surface area contributed by atoms with E-state index in [2.05, 4.69) is 51.9 Å². The zero-order valence-electron chi connectivity index (χ0n) is 15.3. The molecule has 2 aliphatic heterocycles. The second-order valence-electron chi connectivity index (χ2n) is 7.50. The number of carbonyl (C=O) groups excluding carboxylic acids is 1. The number of anilines is 1. The van der Waals surface area contributed by atoms with E-state index in [0.717, 1.165) is 19.4 Å². The summed E-state index contributed by atoms with van der Waals surface area (Å²) in [6.45, 7) is 1.00. The van der Waals surface area contributed by atoms with Gasteiger partial charge in [-0.15, -0.1) is 0 Å². The molecule has 2 fully saturated rings. The molecule has 2 heterocycles. The van der Waals surface area contributed by atoms with E-state index >= 15 is 0 Å². The minimum Gasteiger partial charge on any atom is -0.335 e. The smallest absolute Gasteiger partial charge is 0.319 e. The number of nitrogens with one attached hydrogen (secondary N) is 2. The van der Waals surface area contributed by atoms with Crippen molar-refractivity contribution in [3.05, 3.63) is 65.7 Å². The fraction of sp³-hybridized carbons (Fsp3) is 0.364. The third kappa shape index (κ3) is 4.12. The maximum atomic E-state index is 12.3. The number of urea groups is 1. The summed E-state index contributed by atoms with van der Waals surface area (Å²) in [7, 11) is 0. The average Bonchev–Trinajstić information content (AvgIpc) is 2.91. The van der Waals surface area contributed by atoms with E-state index in [9.17, 15) is 4.79 Å². The first-order valence-corrected chi connectivity index (χ1v) is 9.58. The molecule has 2 amide bonds. The summed E-state index contributed by atoms with van der Waals surface area (Å²) in [6, 6.07) is 20.8. The average molecular weight is 360 g/mol. The molecule has 2 unspecified atom stereocenters. The third-order valence-electron chi connectivity index (χ3n) is 5.70. The predicted molar refractivity (Wildman–Crippen MR) is 105 cm³/mol. The Morgan fingerprint density at radius 2 is 1.70 bits per heavy atom. The monoisotopic (exact) mass is 360 g/mol. The van der Waals surface area contributed by atoms with Crippen LogP contribution in [0.4, 0.5) is 10.5 Å². The molecule has 2 saturated heterocycles. The van der Waals surface area contributed by atoms with Crippen molar-refractivity contribution in [1.29, 1.82) is 5.26 Å². The van der Waals surface area contributed by atoms with Gasteiger partial charge in [0.1, 0.15) is 0 Å². The molecule has 2 aromatic rings. The molecule has 2 atom stereocenters. The molecule has 0 aliphatic carbocycles. The number of piperidine rings is 1. The van der Waals surface area contributed by atoms with Gasteiger partial charge in [0.15, 0.2) is 0 Å². The molecule has 0 saturated carbocycles. The predicted octanol–water partition coefficient (Wildman–Crippen LogP) is 3.88. The SMILES string of the molecule is N#Cc1ccc(NC(=O)NC2CC3CCC(C2)N3Cc2ccccc2)cc1. The first-order valence-electron chi connectivity index (χ1n) is 9.58. The molecule has 0 aromatic heterocycles. The Morgan fingerprint density at radius 3 is 2.33 bits per heavy atom. The molecule has 4 rings (SSSR count). The zero-order valence-corrected chi connectivity index (χ0v) is 15.3. The van der Waals surface area contributed by atoms with Gasteiger partial charge in [-0.05, 0) is 55.5 Å². The standard InChI is InChI=1S/C22H24N4O/c23-14-16-6-8-18(9-7-16)24-22(27)25-19-12-20-10-11-21(13-19)26(20)15-17-4-2-1-3-5-17/h1-9,19-21H,10-13,15H2,(H2,24,25,27). The van der Waals surface area contributed by atoms with Crippen LogP contribution in [0.3, 0.4) is 0 Å². The Labute approximate surface area is 160 Å². The zero-order chi connectivity index (χ0) is 18.6. The summed E-state index contributed by atoms with van der Waals surface area (Å²) in [4.78, 5) is 15.0. The largest absolute Gasteiger partial charge is 0.335 e. The number of carbonyl (C=O) groups is 1. The molecule has 2 aromatic carbocycles. The lowest BCUT2D eigenvalue weighted by Gasteiger charge is -2.39. The van der Waals surface area contributed by atoms with E-state index in [1.807, 2.05) is 0 Å². The number of amides is 2. The van der Waals surface area contributed by atoms with Gasteiger partial charge in [-0.3, -0.25) is 4.90 Å². The van der Waals surface area contributed by atoms with Crippen molar-refractivity contribution in [2.75, 3.05) is 5.32 Å². The van der Waals surface area contributed by atoms with E-state index in [-0.39, 0.29) is 12.1 Å². The van der Waals surface area contributed by atoms with Crippen LogP contribution in [0.1, 0.15) is 36.8 Å². The van der Waals surface area contributed by atoms with Gasteiger partial charge in [0, 0.05) is 30.4 Å². The Hall–Kier alpha value is -2.84. The maximum Gasteiger partial charge on any atom is 0.319 e. The number of fused-ring (bicyclic) bond motifs is 2. The molecular formula is C22H24N4O. The van der Waals surface area contributed by atoms with E-state index < -0.39 is 0 Å². The number of rotatable bonds is 4. The van der Waals surface area contributed by atoms with Gasteiger partial charge < -0.3 is 10.6 Å². The van der Waals surface area contributed by atoms with Crippen LogP contribution >= 0.6 is 0 Å². The Balaban J connectivity index is 1.31. The van der Waals surface area contributed by atoms with Crippen molar-refractivity contribution < 1.29 is 4.79 Å². The minimum absolute atomic E-state index is 0.166. The molecule has 5 heteroatoms. The molecule has 2 aliphatic rings. The molecule has 0 spiro atoms. The summed E-state index contributed by atoms with van der Waals surface area (Å²) in [6.07, 6.45) is 4.44. The number of nitriles is 1. The topological polar surface area (TPSA) is 68.2 Å². The van der Waals surface area contributed by atoms with Gasteiger partial charge in [-0.1, -0.05) is 30.3 Å². The van der Waals surface area contributed by atoms with Gasteiger partial charge >= 0.3 is 6.03 Å². The highest BCUT2D eigenvalue weighted by atomic mass is 16.2. The Bertz CT molecular complexity index is 814. The second kappa shape index (κ2) is 7.81. The van der Waals surface area contributed by atoms with Crippen molar-refractivity contribution in [3.63, 3.8) is 0 Å². The summed E-state index contributed by atoms with van der Waals surface area (Å²) < 4.78 is 0. The Morgan fingerprint density at radius 1 is 1.04 bits per heavy atom. The molecule has 138 valence electrons. The van der Waals surface area contributed by atoms with E-state index in [1.54, 1.807) is 24.3 Å². The van der Waals surface area contributed by atoms with Crippen LogP contribution in [0, 0.1) is 11.3 Å². The van der Waals surface area contributed by atoms with Crippen LogP contribution in [0.25, 0.3) is 0 Å². The van der Waals surface area contributed by atoms with Crippen LogP contribution in [0.2, 0.25) is 0 Å². The highest BCUT2D eigenvalue weighted by molar-refractivity contribution is 5.89. The molecule has 2 N–H and O–H groups in total. The van der Waals surface area contributed by atoms with E-state index in [4.69, 9.17) is 5.26 Å². The normalized spacial score (nSPS) is 24.2. The summed E-state index contributed by atoms with van der Waals surface area (Å²) in [5.41, 5.74) is 2.65. The first kappa shape index (κ1) is 17.6. The highest BCUT2D eigenvalue weighted by Gasteiger charge is 2.40. The number of hydrogen-bond acceptors (Lipinski definition) is 3. The fourth-order valence-corrected chi connectivity index (χ4v) is 4.43. The second-order valence-corrected chi connectivity index (χ2v) is 7.50. The molecular weight excluding hydrogens is 336 g/mol.